The lowest BCUT2D eigenvalue weighted by molar-refractivity contribution is 0.0944. The van der Waals surface area contributed by atoms with Crippen LogP contribution < -0.4 is 10.6 Å². The van der Waals surface area contributed by atoms with Crippen LogP contribution in [0.3, 0.4) is 0 Å². The van der Waals surface area contributed by atoms with E-state index in [1.54, 1.807) is 11.3 Å². The Balaban J connectivity index is 1.92. The maximum Gasteiger partial charge on any atom is 0.253 e. The topological polar surface area (TPSA) is 54.0 Å². The summed E-state index contributed by atoms with van der Waals surface area (Å²) >= 11 is 7.92. The SMILES string of the molecule is CC(C)NC(=O)c1cccc2c1nc(Nc1ccccc1Cl)c1sccc12. The van der Waals surface area contributed by atoms with Gasteiger partial charge in [0.05, 0.1) is 26.5 Å². The molecule has 0 aliphatic rings. The third-order valence-corrected chi connectivity index (χ3v) is 5.47. The quantitative estimate of drug-likeness (QED) is 0.446. The van der Waals surface area contributed by atoms with Crippen LogP contribution >= 0.6 is 22.9 Å². The molecule has 0 saturated carbocycles. The van der Waals surface area contributed by atoms with Crippen LogP contribution in [-0.2, 0) is 0 Å². The summed E-state index contributed by atoms with van der Waals surface area (Å²) in [5.41, 5.74) is 2.03. The van der Waals surface area contributed by atoms with Crippen molar-refractivity contribution < 1.29 is 4.79 Å². The predicted octanol–water partition coefficient (Wildman–Crippen LogP) is 5.98. The molecule has 0 radical (unpaired) electrons. The molecule has 0 atom stereocenters. The summed E-state index contributed by atoms with van der Waals surface area (Å²) in [6.07, 6.45) is 0. The molecule has 4 nitrogen and oxygen atoms in total. The number of thiophene rings is 1. The Hall–Kier alpha value is -2.63. The molecular weight excluding hydrogens is 378 g/mol. The van der Waals surface area contributed by atoms with Crippen molar-refractivity contribution in [3.63, 3.8) is 0 Å². The van der Waals surface area contributed by atoms with Gasteiger partial charge in [-0.2, -0.15) is 0 Å². The molecular formula is C21H18ClN3OS. The smallest absolute Gasteiger partial charge is 0.253 e. The molecule has 4 aromatic rings. The second-order valence-corrected chi connectivity index (χ2v) is 7.88. The zero-order chi connectivity index (χ0) is 19.0. The highest BCUT2D eigenvalue weighted by molar-refractivity contribution is 7.18. The van der Waals surface area contributed by atoms with E-state index in [0.717, 1.165) is 21.2 Å². The number of fused-ring (bicyclic) bond motifs is 3. The standard InChI is InChI=1S/C21H18ClN3OS/c1-12(2)23-21(26)15-7-5-6-13-14-10-11-27-19(14)20(25-18(13)15)24-17-9-4-3-8-16(17)22/h3-12H,1-2H3,(H,23,26)(H,24,25). The van der Waals surface area contributed by atoms with Crippen LogP contribution in [-0.4, -0.2) is 16.9 Å². The van der Waals surface area contributed by atoms with E-state index in [0.29, 0.717) is 21.9 Å². The second kappa shape index (κ2) is 7.18. The van der Waals surface area contributed by atoms with Gasteiger partial charge in [-0.05, 0) is 43.5 Å². The van der Waals surface area contributed by atoms with Gasteiger partial charge >= 0.3 is 0 Å². The Morgan fingerprint density at radius 3 is 2.67 bits per heavy atom. The number of aromatic nitrogens is 1. The number of nitrogens with one attached hydrogen (secondary N) is 2. The van der Waals surface area contributed by atoms with E-state index in [1.165, 1.54) is 0 Å². The van der Waals surface area contributed by atoms with Crippen molar-refractivity contribution in [2.24, 2.45) is 0 Å². The first-order valence-electron chi connectivity index (χ1n) is 8.67. The highest BCUT2D eigenvalue weighted by atomic mass is 35.5. The van der Waals surface area contributed by atoms with Gasteiger partial charge in [0.1, 0.15) is 5.82 Å². The summed E-state index contributed by atoms with van der Waals surface area (Å²) in [5.74, 6) is 0.576. The molecule has 136 valence electrons. The molecule has 0 spiro atoms. The van der Waals surface area contributed by atoms with Gasteiger partial charge in [0.2, 0.25) is 0 Å². The molecule has 6 heteroatoms. The predicted molar refractivity (Wildman–Crippen MR) is 114 cm³/mol. The number of halogens is 1. The fourth-order valence-corrected chi connectivity index (χ4v) is 4.08. The normalized spacial score (nSPS) is 11.3. The van der Waals surface area contributed by atoms with Crippen LogP contribution in [0, 0.1) is 0 Å². The number of pyridine rings is 1. The molecule has 2 aromatic heterocycles. The van der Waals surface area contributed by atoms with Gasteiger partial charge in [-0.1, -0.05) is 35.9 Å². The molecule has 1 amide bonds. The number of anilines is 2. The van der Waals surface area contributed by atoms with Crippen LogP contribution in [0.15, 0.2) is 53.9 Å². The van der Waals surface area contributed by atoms with E-state index in [9.17, 15) is 4.79 Å². The Kier molecular flexibility index (Phi) is 4.72. The molecule has 4 rings (SSSR count). The zero-order valence-corrected chi connectivity index (χ0v) is 16.5. The summed E-state index contributed by atoms with van der Waals surface area (Å²) < 4.78 is 1.03. The molecule has 27 heavy (non-hydrogen) atoms. The number of hydrogen-bond acceptors (Lipinski definition) is 4. The van der Waals surface area contributed by atoms with Gasteiger partial charge in [-0.15, -0.1) is 11.3 Å². The number of amides is 1. The van der Waals surface area contributed by atoms with Gasteiger partial charge in [-0.25, -0.2) is 4.98 Å². The average Bonchev–Trinajstić information content (AvgIpc) is 3.13. The first kappa shape index (κ1) is 17.8. The third-order valence-electron chi connectivity index (χ3n) is 4.22. The van der Waals surface area contributed by atoms with Crippen LogP contribution in [0.1, 0.15) is 24.2 Å². The summed E-state index contributed by atoms with van der Waals surface area (Å²) in [4.78, 5) is 17.5. The summed E-state index contributed by atoms with van der Waals surface area (Å²) in [5, 5.41) is 11.0. The molecule has 0 unspecified atom stereocenters. The van der Waals surface area contributed by atoms with Gasteiger partial charge < -0.3 is 10.6 Å². The van der Waals surface area contributed by atoms with Crippen molar-refractivity contribution in [2.45, 2.75) is 19.9 Å². The summed E-state index contributed by atoms with van der Waals surface area (Å²) in [7, 11) is 0. The van der Waals surface area contributed by atoms with E-state index in [-0.39, 0.29) is 11.9 Å². The highest BCUT2D eigenvalue weighted by Crippen LogP contribution is 2.36. The molecule has 0 aliphatic carbocycles. The van der Waals surface area contributed by atoms with Gasteiger partial charge in [0, 0.05) is 16.8 Å². The largest absolute Gasteiger partial charge is 0.350 e. The van der Waals surface area contributed by atoms with Crippen LogP contribution in [0.2, 0.25) is 5.02 Å². The number of carbonyl (C=O) groups excluding carboxylic acids is 1. The lowest BCUT2D eigenvalue weighted by Crippen LogP contribution is -2.30. The second-order valence-electron chi connectivity index (χ2n) is 6.56. The molecule has 2 aromatic carbocycles. The minimum Gasteiger partial charge on any atom is -0.350 e. The Morgan fingerprint density at radius 1 is 1.07 bits per heavy atom. The number of benzene rings is 2. The van der Waals surface area contributed by atoms with Crippen molar-refractivity contribution in [1.29, 1.82) is 0 Å². The summed E-state index contributed by atoms with van der Waals surface area (Å²) in [6, 6.07) is 15.4. The van der Waals surface area contributed by atoms with Gasteiger partial charge in [0.15, 0.2) is 0 Å². The monoisotopic (exact) mass is 395 g/mol. The number of para-hydroxylation sites is 2. The molecule has 0 saturated heterocycles. The van der Waals surface area contributed by atoms with Gasteiger partial charge in [-0.3, -0.25) is 4.79 Å². The highest BCUT2D eigenvalue weighted by Gasteiger charge is 2.17. The minimum atomic E-state index is -0.124. The van der Waals surface area contributed by atoms with E-state index < -0.39 is 0 Å². The average molecular weight is 396 g/mol. The first-order chi connectivity index (χ1) is 13.0. The van der Waals surface area contributed by atoms with Crippen LogP contribution in [0.4, 0.5) is 11.5 Å². The van der Waals surface area contributed by atoms with Crippen molar-refractivity contribution in [3.05, 3.63) is 64.5 Å². The minimum absolute atomic E-state index is 0.0540. The van der Waals surface area contributed by atoms with Crippen molar-refractivity contribution >= 4 is 61.3 Å². The number of rotatable bonds is 4. The van der Waals surface area contributed by atoms with Crippen LogP contribution in [0.5, 0.6) is 0 Å². The van der Waals surface area contributed by atoms with Gasteiger partial charge in [0.25, 0.3) is 5.91 Å². The molecule has 0 bridgehead atoms. The first-order valence-corrected chi connectivity index (χ1v) is 9.92. The fourth-order valence-electron chi connectivity index (χ4n) is 3.05. The van der Waals surface area contributed by atoms with Crippen molar-refractivity contribution in [3.8, 4) is 0 Å². The van der Waals surface area contributed by atoms with E-state index in [2.05, 4.69) is 16.7 Å². The number of nitrogens with zero attached hydrogens (tertiary/aromatic N) is 1. The number of carbonyl (C=O) groups is 1. The van der Waals surface area contributed by atoms with E-state index >= 15 is 0 Å². The van der Waals surface area contributed by atoms with E-state index in [1.807, 2.05) is 61.7 Å². The maximum absolute atomic E-state index is 12.7. The number of hydrogen-bond donors (Lipinski definition) is 2. The Bertz CT molecular complexity index is 1150. The molecule has 2 N–H and O–H groups in total. The van der Waals surface area contributed by atoms with E-state index in [4.69, 9.17) is 16.6 Å². The van der Waals surface area contributed by atoms with Crippen molar-refractivity contribution in [1.82, 2.24) is 10.3 Å². The van der Waals surface area contributed by atoms with Crippen LogP contribution in [0.25, 0.3) is 21.0 Å². The fraction of sp³-hybridized carbons (Fsp3) is 0.143. The zero-order valence-electron chi connectivity index (χ0n) is 14.9. The summed E-state index contributed by atoms with van der Waals surface area (Å²) in [6.45, 7) is 3.88. The Labute approximate surface area is 166 Å². The molecule has 0 aliphatic heterocycles. The third kappa shape index (κ3) is 3.36. The lowest BCUT2D eigenvalue weighted by atomic mass is 10.1. The maximum atomic E-state index is 12.7. The lowest BCUT2D eigenvalue weighted by Gasteiger charge is -2.13. The molecule has 0 fully saturated rings. The Morgan fingerprint density at radius 2 is 1.89 bits per heavy atom. The van der Waals surface area contributed by atoms with Crippen molar-refractivity contribution in [2.75, 3.05) is 5.32 Å². The molecule has 2 heterocycles.